The van der Waals surface area contributed by atoms with E-state index in [1.54, 1.807) is 0 Å². The van der Waals surface area contributed by atoms with Crippen molar-refractivity contribution < 1.29 is 17.9 Å². The molecule has 0 bridgehead atoms. The molecular formula is C11H11N3O4S3. The Morgan fingerprint density at radius 1 is 1.43 bits per heavy atom. The van der Waals surface area contributed by atoms with E-state index in [0.717, 1.165) is 29.9 Å². The molecule has 1 saturated carbocycles. The fourth-order valence-electron chi connectivity index (χ4n) is 1.72. The summed E-state index contributed by atoms with van der Waals surface area (Å²) in [6.45, 7) is 0. The molecule has 1 aliphatic rings. The number of nitrogens with one attached hydrogen (secondary N) is 1. The molecule has 0 aromatic carbocycles. The molecule has 0 unspecified atom stereocenters. The van der Waals surface area contributed by atoms with Crippen molar-refractivity contribution in [1.82, 2.24) is 9.97 Å². The van der Waals surface area contributed by atoms with Gasteiger partial charge >= 0.3 is 5.97 Å². The Hall–Kier alpha value is -1.52. The number of ether oxygens (including phenoxy) is 1. The first-order valence-corrected chi connectivity index (χ1v) is 9.25. The number of hydrogen-bond donors (Lipinski definition) is 1. The van der Waals surface area contributed by atoms with Crippen molar-refractivity contribution in [2.24, 2.45) is 0 Å². The molecule has 0 amide bonds. The fraction of sp³-hybridized carbons (Fsp3) is 0.364. The van der Waals surface area contributed by atoms with Gasteiger partial charge in [-0.1, -0.05) is 0 Å². The number of thiazole rings is 2. The smallest absolute Gasteiger partial charge is 0.358 e. The molecule has 0 saturated heterocycles. The van der Waals surface area contributed by atoms with Crippen molar-refractivity contribution in [2.45, 2.75) is 23.0 Å². The van der Waals surface area contributed by atoms with Crippen LogP contribution >= 0.6 is 22.7 Å². The second kappa shape index (κ2) is 5.35. The van der Waals surface area contributed by atoms with Gasteiger partial charge in [0, 0.05) is 11.3 Å². The molecule has 10 heteroatoms. The summed E-state index contributed by atoms with van der Waals surface area (Å²) < 4.78 is 31.4. The summed E-state index contributed by atoms with van der Waals surface area (Å²) in [4.78, 5) is 19.5. The van der Waals surface area contributed by atoms with Gasteiger partial charge < -0.3 is 4.74 Å². The minimum atomic E-state index is -3.89. The highest BCUT2D eigenvalue weighted by molar-refractivity contribution is 7.94. The Labute approximate surface area is 129 Å². The molecule has 0 spiro atoms. The van der Waals surface area contributed by atoms with Crippen molar-refractivity contribution in [3.63, 3.8) is 0 Å². The Morgan fingerprint density at radius 3 is 2.86 bits per heavy atom. The van der Waals surface area contributed by atoms with Crippen LogP contribution in [-0.2, 0) is 14.8 Å². The molecule has 0 atom stereocenters. The quantitative estimate of drug-likeness (QED) is 0.833. The monoisotopic (exact) mass is 345 g/mol. The second-order valence-corrected chi connectivity index (χ2v) is 8.03. The van der Waals surface area contributed by atoms with Crippen LogP contribution in [-0.4, -0.2) is 31.5 Å². The van der Waals surface area contributed by atoms with Crippen LogP contribution in [0.1, 0.15) is 34.9 Å². The van der Waals surface area contributed by atoms with Crippen LogP contribution in [0.4, 0.5) is 5.13 Å². The van der Waals surface area contributed by atoms with Crippen LogP contribution in [0.15, 0.2) is 15.1 Å². The van der Waals surface area contributed by atoms with Gasteiger partial charge in [0.15, 0.2) is 15.0 Å². The summed E-state index contributed by atoms with van der Waals surface area (Å²) >= 11 is 2.09. The molecule has 21 heavy (non-hydrogen) atoms. The van der Waals surface area contributed by atoms with Crippen LogP contribution in [0.3, 0.4) is 0 Å². The zero-order valence-corrected chi connectivity index (χ0v) is 13.3. The third-order valence-electron chi connectivity index (χ3n) is 2.90. The molecule has 0 radical (unpaired) electrons. The zero-order valence-electron chi connectivity index (χ0n) is 10.9. The van der Waals surface area contributed by atoms with Crippen LogP contribution in [0.5, 0.6) is 0 Å². The maximum Gasteiger partial charge on any atom is 0.358 e. The summed E-state index contributed by atoms with van der Waals surface area (Å²) in [5.74, 6) is -0.331. The first-order chi connectivity index (χ1) is 10.0. The third-order valence-corrected chi connectivity index (χ3v) is 6.51. The summed E-state index contributed by atoms with van der Waals surface area (Å²) in [6.07, 6.45) is 2.19. The molecule has 112 valence electrons. The van der Waals surface area contributed by atoms with Gasteiger partial charge in [-0.15, -0.1) is 22.7 Å². The Kier molecular flexibility index (Phi) is 3.68. The number of hydrogen-bond acceptors (Lipinski definition) is 8. The van der Waals surface area contributed by atoms with E-state index in [-0.39, 0.29) is 9.90 Å². The SMILES string of the molecule is COC(=O)c1ncsc1S(=O)(=O)Nc1nc(C2CC2)cs1. The minimum absolute atomic E-state index is 0.169. The highest BCUT2D eigenvalue weighted by atomic mass is 32.2. The normalized spacial score (nSPS) is 14.9. The molecule has 2 aromatic heterocycles. The summed E-state index contributed by atoms with van der Waals surface area (Å²) in [6, 6.07) is 0. The number of esters is 1. The summed E-state index contributed by atoms with van der Waals surface area (Å²) in [5, 5.41) is 2.14. The van der Waals surface area contributed by atoms with Crippen LogP contribution in [0.25, 0.3) is 0 Å². The average Bonchev–Trinajstić information content (AvgIpc) is 3.00. The lowest BCUT2D eigenvalue weighted by molar-refractivity contribution is 0.0590. The van der Waals surface area contributed by atoms with Crippen LogP contribution < -0.4 is 4.72 Å². The maximum atomic E-state index is 12.3. The van der Waals surface area contributed by atoms with Crippen molar-refractivity contribution in [2.75, 3.05) is 11.8 Å². The van der Waals surface area contributed by atoms with E-state index >= 15 is 0 Å². The molecular weight excluding hydrogens is 334 g/mol. The number of carbonyl (C=O) groups is 1. The zero-order chi connectivity index (χ0) is 15.0. The molecule has 0 aliphatic heterocycles. The Balaban J connectivity index is 1.86. The van der Waals surface area contributed by atoms with Crippen molar-refractivity contribution in [1.29, 1.82) is 0 Å². The summed E-state index contributed by atoms with van der Waals surface area (Å²) in [5.41, 5.74) is 1.99. The standard InChI is InChI=1S/C11H11N3O4S3/c1-18-9(15)8-10(20-5-12-8)21(16,17)14-11-13-7(4-19-11)6-2-3-6/h4-6H,2-3H2,1H3,(H,13,14). The van der Waals surface area contributed by atoms with E-state index in [4.69, 9.17) is 0 Å². The van der Waals surface area contributed by atoms with Gasteiger partial charge in [0.25, 0.3) is 10.0 Å². The van der Waals surface area contributed by atoms with Crippen molar-refractivity contribution in [3.05, 3.63) is 22.3 Å². The topological polar surface area (TPSA) is 98.2 Å². The number of aromatic nitrogens is 2. The first kappa shape index (κ1) is 14.4. The summed E-state index contributed by atoms with van der Waals surface area (Å²) in [7, 11) is -2.72. The number of anilines is 1. The molecule has 2 heterocycles. The molecule has 2 aromatic rings. The van der Waals surface area contributed by atoms with Gasteiger partial charge in [-0.2, -0.15) is 0 Å². The average molecular weight is 345 g/mol. The van der Waals surface area contributed by atoms with Crippen LogP contribution in [0, 0.1) is 0 Å². The number of rotatable bonds is 5. The molecule has 7 nitrogen and oxygen atoms in total. The van der Waals surface area contributed by atoms with E-state index in [1.807, 2.05) is 5.38 Å². The highest BCUT2D eigenvalue weighted by Gasteiger charge is 2.29. The second-order valence-electron chi connectivity index (χ2n) is 4.44. The lowest BCUT2D eigenvalue weighted by Gasteiger charge is -2.04. The molecule has 3 rings (SSSR count). The van der Waals surface area contributed by atoms with Gasteiger partial charge in [0.05, 0.1) is 18.3 Å². The lowest BCUT2D eigenvalue weighted by atomic mass is 10.3. The van der Waals surface area contributed by atoms with E-state index in [9.17, 15) is 13.2 Å². The Bertz CT molecular complexity index is 776. The lowest BCUT2D eigenvalue weighted by Crippen LogP contribution is -2.16. The predicted octanol–water partition coefficient (Wildman–Crippen LogP) is 2.06. The van der Waals surface area contributed by atoms with Gasteiger partial charge in [0.2, 0.25) is 0 Å². The molecule has 1 N–H and O–H groups in total. The van der Waals surface area contributed by atoms with E-state index in [2.05, 4.69) is 19.4 Å². The van der Waals surface area contributed by atoms with Gasteiger partial charge in [0.1, 0.15) is 0 Å². The Morgan fingerprint density at radius 2 is 2.19 bits per heavy atom. The molecule has 1 fully saturated rings. The van der Waals surface area contributed by atoms with Gasteiger partial charge in [-0.25, -0.2) is 23.2 Å². The first-order valence-electron chi connectivity index (χ1n) is 6.01. The van der Waals surface area contributed by atoms with E-state index < -0.39 is 16.0 Å². The van der Waals surface area contributed by atoms with Gasteiger partial charge in [-0.05, 0) is 12.8 Å². The van der Waals surface area contributed by atoms with Gasteiger partial charge in [-0.3, -0.25) is 4.72 Å². The highest BCUT2D eigenvalue weighted by Crippen LogP contribution is 2.41. The van der Waals surface area contributed by atoms with E-state index in [0.29, 0.717) is 11.0 Å². The number of carbonyl (C=O) groups excluding carboxylic acids is 1. The number of sulfonamides is 1. The maximum absolute atomic E-state index is 12.3. The largest absolute Gasteiger partial charge is 0.464 e. The fourth-order valence-corrected chi connectivity index (χ4v) is 4.90. The van der Waals surface area contributed by atoms with Crippen LogP contribution in [0.2, 0.25) is 0 Å². The number of methoxy groups -OCH3 is 1. The number of nitrogens with zero attached hydrogens (tertiary/aromatic N) is 2. The third kappa shape index (κ3) is 2.92. The predicted molar refractivity (Wildman–Crippen MR) is 78.4 cm³/mol. The van der Waals surface area contributed by atoms with Crippen molar-refractivity contribution in [3.8, 4) is 0 Å². The van der Waals surface area contributed by atoms with E-state index in [1.165, 1.54) is 24.0 Å². The minimum Gasteiger partial charge on any atom is -0.464 e. The molecule has 1 aliphatic carbocycles. The van der Waals surface area contributed by atoms with Crippen molar-refractivity contribution >= 4 is 43.8 Å².